The number of benzene rings is 2. The maximum Gasteiger partial charge on any atom is 0.309 e. The van der Waals surface area contributed by atoms with Crippen LogP contribution in [0.25, 0.3) is 0 Å². The molecule has 6 heteroatoms. The van der Waals surface area contributed by atoms with E-state index in [0.717, 1.165) is 11.1 Å². The van der Waals surface area contributed by atoms with Crippen molar-refractivity contribution < 1.29 is 28.5 Å². The number of cyclic esters (lactones) is 1. The van der Waals surface area contributed by atoms with E-state index in [0.29, 0.717) is 42.3 Å². The molecule has 0 N–H and O–H groups in total. The fraction of sp³-hybridized carbons (Fsp3) is 0.409. The number of carbonyl (C=O) groups is 1. The van der Waals surface area contributed by atoms with Gasteiger partial charge in [0.1, 0.15) is 6.10 Å². The monoisotopic (exact) mass is 386 g/mol. The van der Waals surface area contributed by atoms with Gasteiger partial charge in [0.15, 0.2) is 23.0 Å². The standard InChI is InChI=1S/C22H26O6/c1-24-18-7-5-14(11-20(18)26-3)9-16-13-17(28-22(16)23)10-15-6-8-19(25-2)21(12-15)27-4/h5-8,11-12,16-17H,9-10,13H2,1-4H3/t16-,17+/m0/s1. The van der Waals surface area contributed by atoms with Crippen molar-refractivity contribution in [2.45, 2.75) is 25.4 Å². The third kappa shape index (κ3) is 4.32. The van der Waals surface area contributed by atoms with Crippen LogP contribution in [0.15, 0.2) is 36.4 Å². The lowest BCUT2D eigenvalue weighted by Gasteiger charge is -2.12. The van der Waals surface area contributed by atoms with Crippen molar-refractivity contribution in [3.63, 3.8) is 0 Å². The Kier molecular flexibility index (Phi) is 6.29. The van der Waals surface area contributed by atoms with Gasteiger partial charge in [0.2, 0.25) is 0 Å². The summed E-state index contributed by atoms with van der Waals surface area (Å²) in [6.07, 6.45) is 1.80. The van der Waals surface area contributed by atoms with Crippen LogP contribution < -0.4 is 18.9 Å². The van der Waals surface area contributed by atoms with E-state index in [1.54, 1.807) is 28.4 Å². The summed E-state index contributed by atoms with van der Waals surface area (Å²) in [5.74, 6) is 2.37. The van der Waals surface area contributed by atoms with Crippen LogP contribution >= 0.6 is 0 Å². The van der Waals surface area contributed by atoms with Gasteiger partial charge in [-0.3, -0.25) is 4.79 Å². The van der Waals surface area contributed by atoms with Gasteiger partial charge in [-0.2, -0.15) is 0 Å². The molecule has 0 aliphatic carbocycles. The molecule has 0 saturated carbocycles. The molecule has 1 heterocycles. The fourth-order valence-electron chi connectivity index (χ4n) is 3.58. The second-order valence-corrected chi connectivity index (χ2v) is 6.78. The highest BCUT2D eigenvalue weighted by atomic mass is 16.6. The Hall–Kier alpha value is -2.89. The number of carbonyl (C=O) groups excluding carboxylic acids is 1. The summed E-state index contributed by atoms with van der Waals surface area (Å²) < 4.78 is 26.8. The molecule has 1 aliphatic heterocycles. The van der Waals surface area contributed by atoms with Crippen LogP contribution in [0.5, 0.6) is 23.0 Å². The van der Waals surface area contributed by atoms with E-state index >= 15 is 0 Å². The Labute approximate surface area is 165 Å². The zero-order chi connectivity index (χ0) is 20.1. The molecular weight excluding hydrogens is 360 g/mol. The van der Waals surface area contributed by atoms with E-state index in [9.17, 15) is 4.79 Å². The molecule has 3 rings (SSSR count). The number of ether oxygens (including phenoxy) is 5. The molecule has 1 fully saturated rings. The molecule has 28 heavy (non-hydrogen) atoms. The highest BCUT2D eigenvalue weighted by Crippen LogP contribution is 2.33. The summed E-state index contributed by atoms with van der Waals surface area (Å²) in [7, 11) is 6.42. The maximum absolute atomic E-state index is 12.4. The Morgan fingerprint density at radius 1 is 0.786 bits per heavy atom. The van der Waals surface area contributed by atoms with Crippen molar-refractivity contribution in [2.75, 3.05) is 28.4 Å². The second kappa shape index (κ2) is 8.87. The van der Waals surface area contributed by atoms with Gasteiger partial charge in [-0.05, 0) is 48.2 Å². The van der Waals surface area contributed by atoms with Gasteiger partial charge in [0.05, 0.1) is 34.4 Å². The SMILES string of the molecule is COc1ccc(C[C@@H]2C[C@H](Cc3ccc(OC)c(OC)c3)C(=O)O2)cc1OC. The van der Waals surface area contributed by atoms with E-state index in [4.69, 9.17) is 23.7 Å². The van der Waals surface area contributed by atoms with E-state index in [-0.39, 0.29) is 18.0 Å². The number of methoxy groups -OCH3 is 4. The number of rotatable bonds is 8. The lowest BCUT2D eigenvalue weighted by atomic mass is 9.94. The van der Waals surface area contributed by atoms with E-state index in [2.05, 4.69) is 0 Å². The summed E-state index contributed by atoms with van der Waals surface area (Å²) in [6.45, 7) is 0. The van der Waals surface area contributed by atoms with Crippen molar-refractivity contribution in [3.05, 3.63) is 47.5 Å². The van der Waals surface area contributed by atoms with Crippen LogP contribution in [0.1, 0.15) is 17.5 Å². The predicted octanol–water partition coefficient (Wildman–Crippen LogP) is 3.44. The second-order valence-electron chi connectivity index (χ2n) is 6.78. The first kappa shape index (κ1) is 19.9. The Morgan fingerprint density at radius 2 is 1.29 bits per heavy atom. The molecule has 0 unspecified atom stereocenters. The average molecular weight is 386 g/mol. The van der Waals surface area contributed by atoms with Crippen molar-refractivity contribution in [2.24, 2.45) is 5.92 Å². The summed E-state index contributed by atoms with van der Waals surface area (Å²) in [4.78, 5) is 12.4. The summed E-state index contributed by atoms with van der Waals surface area (Å²) in [5, 5.41) is 0. The minimum absolute atomic E-state index is 0.143. The van der Waals surface area contributed by atoms with Gasteiger partial charge < -0.3 is 23.7 Å². The molecule has 1 aliphatic rings. The van der Waals surface area contributed by atoms with Crippen LogP contribution in [0.3, 0.4) is 0 Å². The Balaban J connectivity index is 1.65. The molecule has 0 radical (unpaired) electrons. The highest BCUT2D eigenvalue weighted by molar-refractivity contribution is 5.75. The molecule has 0 spiro atoms. The molecule has 0 aromatic heterocycles. The topological polar surface area (TPSA) is 63.2 Å². The smallest absolute Gasteiger partial charge is 0.309 e. The van der Waals surface area contributed by atoms with Gasteiger partial charge in [0, 0.05) is 6.42 Å². The highest BCUT2D eigenvalue weighted by Gasteiger charge is 2.34. The molecule has 0 bridgehead atoms. The molecule has 2 atom stereocenters. The summed E-state index contributed by atoms with van der Waals surface area (Å²) >= 11 is 0. The fourth-order valence-corrected chi connectivity index (χ4v) is 3.58. The van der Waals surface area contributed by atoms with Crippen LogP contribution in [0, 0.1) is 5.92 Å². The summed E-state index contributed by atoms with van der Waals surface area (Å²) in [5.41, 5.74) is 2.06. The minimum Gasteiger partial charge on any atom is -0.493 e. The number of hydrogen-bond donors (Lipinski definition) is 0. The van der Waals surface area contributed by atoms with Gasteiger partial charge in [-0.25, -0.2) is 0 Å². The molecule has 6 nitrogen and oxygen atoms in total. The van der Waals surface area contributed by atoms with Crippen molar-refractivity contribution in [1.82, 2.24) is 0 Å². The summed E-state index contributed by atoms with van der Waals surface area (Å²) in [6, 6.07) is 11.5. The van der Waals surface area contributed by atoms with Crippen LogP contribution in [0.4, 0.5) is 0 Å². The molecule has 2 aromatic carbocycles. The lowest BCUT2D eigenvalue weighted by molar-refractivity contribution is -0.144. The van der Waals surface area contributed by atoms with Crippen molar-refractivity contribution >= 4 is 5.97 Å². The minimum atomic E-state index is -0.164. The first-order valence-corrected chi connectivity index (χ1v) is 9.20. The van der Waals surface area contributed by atoms with Gasteiger partial charge >= 0.3 is 5.97 Å². The van der Waals surface area contributed by atoms with Gasteiger partial charge in [-0.1, -0.05) is 12.1 Å². The lowest BCUT2D eigenvalue weighted by Crippen LogP contribution is -2.10. The Bertz CT molecular complexity index is 832. The molecule has 150 valence electrons. The quantitative estimate of drug-likeness (QED) is 0.648. The van der Waals surface area contributed by atoms with E-state index < -0.39 is 0 Å². The number of hydrogen-bond acceptors (Lipinski definition) is 6. The number of esters is 1. The predicted molar refractivity (Wildman–Crippen MR) is 104 cm³/mol. The van der Waals surface area contributed by atoms with E-state index in [1.807, 2.05) is 36.4 Å². The average Bonchev–Trinajstić information content (AvgIpc) is 3.06. The molecule has 2 aromatic rings. The van der Waals surface area contributed by atoms with Gasteiger partial charge in [0.25, 0.3) is 0 Å². The zero-order valence-electron chi connectivity index (χ0n) is 16.7. The van der Waals surface area contributed by atoms with Gasteiger partial charge in [-0.15, -0.1) is 0 Å². The molecule has 1 saturated heterocycles. The Morgan fingerprint density at radius 3 is 1.79 bits per heavy atom. The van der Waals surface area contributed by atoms with Crippen molar-refractivity contribution in [1.29, 1.82) is 0 Å². The van der Waals surface area contributed by atoms with Crippen molar-refractivity contribution in [3.8, 4) is 23.0 Å². The van der Waals surface area contributed by atoms with Crippen LogP contribution in [0.2, 0.25) is 0 Å². The third-order valence-corrected chi connectivity index (χ3v) is 5.00. The molecule has 0 amide bonds. The zero-order valence-corrected chi connectivity index (χ0v) is 16.7. The normalized spacial score (nSPS) is 18.5. The van der Waals surface area contributed by atoms with Crippen LogP contribution in [-0.4, -0.2) is 40.5 Å². The van der Waals surface area contributed by atoms with E-state index in [1.165, 1.54) is 0 Å². The first-order valence-electron chi connectivity index (χ1n) is 9.20. The third-order valence-electron chi connectivity index (χ3n) is 5.00. The van der Waals surface area contributed by atoms with Crippen LogP contribution in [-0.2, 0) is 22.4 Å². The maximum atomic E-state index is 12.4. The molecular formula is C22H26O6. The first-order chi connectivity index (χ1) is 13.6. The largest absolute Gasteiger partial charge is 0.493 e.